The number of carbonyl (C=O) groups excluding carboxylic acids is 1. The average molecular weight is 273 g/mol. The summed E-state index contributed by atoms with van der Waals surface area (Å²) in [7, 11) is 1.53. The van der Waals surface area contributed by atoms with Crippen LogP contribution in [0.3, 0.4) is 0 Å². The third-order valence-electron chi connectivity index (χ3n) is 3.20. The van der Waals surface area contributed by atoms with Gasteiger partial charge < -0.3 is 19.5 Å². The van der Waals surface area contributed by atoms with Crippen molar-refractivity contribution in [2.45, 2.75) is 38.2 Å². The Morgan fingerprint density at radius 3 is 2.79 bits per heavy atom. The molecule has 1 N–H and O–H groups in total. The monoisotopic (exact) mass is 273 g/mol. The molecule has 0 aromatic heterocycles. The van der Waals surface area contributed by atoms with E-state index in [0.717, 1.165) is 25.9 Å². The Bertz CT molecular complexity index is 289. The van der Waals surface area contributed by atoms with Crippen molar-refractivity contribution in [1.82, 2.24) is 4.90 Å². The summed E-state index contributed by atoms with van der Waals surface area (Å²) in [5, 5.41) is 8.79. The summed E-state index contributed by atoms with van der Waals surface area (Å²) in [6, 6.07) is 0. The van der Waals surface area contributed by atoms with E-state index in [0.29, 0.717) is 26.0 Å². The molecule has 1 fully saturated rings. The van der Waals surface area contributed by atoms with Crippen LogP contribution >= 0.6 is 0 Å². The number of hydrogen-bond donors (Lipinski definition) is 1. The Labute approximate surface area is 113 Å². The minimum atomic E-state index is -1.00. The molecule has 1 amide bonds. The zero-order valence-electron chi connectivity index (χ0n) is 11.5. The molecule has 0 bridgehead atoms. The first kappa shape index (κ1) is 15.9. The average Bonchev–Trinajstić information content (AvgIpc) is 2.41. The van der Waals surface area contributed by atoms with Gasteiger partial charge in [-0.3, -0.25) is 9.59 Å². The van der Waals surface area contributed by atoms with Gasteiger partial charge in [-0.1, -0.05) is 0 Å². The highest BCUT2D eigenvalue weighted by atomic mass is 16.5. The van der Waals surface area contributed by atoms with Gasteiger partial charge in [0.1, 0.15) is 6.54 Å². The number of nitrogens with zero attached hydrogens (tertiary/aromatic N) is 1. The summed E-state index contributed by atoms with van der Waals surface area (Å²) in [4.78, 5) is 24.0. The Morgan fingerprint density at radius 1 is 1.42 bits per heavy atom. The number of ether oxygens (including phenoxy) is 2. The van der Waals surface area contributed by atoms with Crippen LogP contribution in [0.2, 0.25) is 0 Å². The fourth-order valence-electron chi connectivity index (χ4n) is 2.13. The Hall–Kier alpha value is -1.14. The summed E-state index contributed by atoms with van der Waals surface area (Å²) in [5.41, 5.74) is 0. The Kier molecular flexibility index (Phi) is 7.43. The molecule has 0 spiro atoms. The maximum Gasteiger partial charge on any atom is 0.323 e. The number of methoxy groups -OCH3 is 1. The van der Waals surface area contributed by atoms with E-state index in [1.165, 1.54) is 12.0 Å². The first-order valence-corrected chi connectivity index (χ1v) is 6.73. The van der Waals surface area contributed by atoms with Gasteiger partial charge in [0.15, 0.2) is 0 Å². The van der Waals surface area contributed by atoms with Gasteiger partial charge in [0, 0.05) is 26.7 Å². The summed E-state index contributed by atoms with van der Waals surface area (Å²) >= 11 is 0. The number of amides is 1. The number of carbonyl (C=O) groups is 2. The molecule has 0 aromatic carbocycles. The molecule has 0 aromatic rings. The minimum Gasteiger partial charge on any atom is -0.480 e. The smallest absolute Gasteiger partial charge is 0.323 e. The summed E-state index contributed by atoms with van der Waals surface area (Å²) in [6.45, 7) is 1.15. The van der Waals surface area contributed by atoms with E-state index < -0.39 is 5.97 Å². The first-order chi connectivity index (χ1) is 9.13. The number of carboxylic acid groups (broad SMARTS) is 1. The molecule has 1 heterocycles. The van der Waals surface area contributed by atoms with Crippen molar-refractivity contribution in [3.8, 4) is 0 Å². The Morgan fingerprint density at radius 2 is 2.21 bits per heavy atom. The minimum absolute atomic E-state index is 0.145. The zero-order chi connectivity index (χ0) is 14.1. The van der Waals surface area contributed by atoms with Gasteiger partial charge in [0.2, 0.25) is 5.91 Å². The van der Waals surface area contributed by atoms with E-state index in [9.17, 15) is 9.59 Å². The molecule has 1 aliphatic heterocycles. The number of aliphatic carboxylic acids is 1. The maximum absolute atomic E-state index is 12.0. The SMILES string of the molecule is COCCN(CC(=O)O)C(=O)CCC1CCCCO1. The molecule has 0 saturated carbocycles. The van der Waals surface area contributed by atoms with Crippen molar-refractivity contribution >= 4 is 11.9 Å². The highest BCUT2D eigenvalue weighted by Crippen LogP contribution is 2.17. The second-order valence-electron chi connectivity index (χ2n) is 4.73. The van der Waals surface area contributed by atoms with Crippen LogP contribution in [-0.4, -0.2) is 61.4 Å². The summed E-state index contributed by atoms with van der Waals surface area (Å²) in [5.74, 6) is -1.15. The van der Waals surface area contributed by atoms with E-state index in [-0.39, 0.29) is 18.6 Å². The molecule has 1 saturated heterocycles. The molecule has 19 heavy (non-hydrogen) atoms. The van der Waals surface area contributed by atoms with Crippen molar-refractivity contribution in [1.29, 1.82) is 0 Å². The lowest BCUT2D eigenvalue weighted by Gasteiger charge is -2.24. The van der Waals surface area contributed by atoms with E-state index in [1.807, 2.05) is 0 Å². The highest BCUT2D eigenvalue weighted by Gasteiger charge is 2.20. The molecular weight excluding hydrogens is 250 g/mol. The summed E-state index contributed by atoms with van der Waals surface area (Å²) in [6.07, 6.45) is 4.37. The van der Waals surface area contributed by atoms with Crippen molar-refractivity contribution in [2.24, 2.45) is 0 Å². The lowest BCUT2D eigenvalue weighted by atomic mass is 10.0. The van der Waals surface area contributed by atoms with Crippen molar-refractivity contribution in [2.75, 3.05) is 33.4 Å². The molecule has 1 unspecified atom stereocenters. The van der Waals surface area contributed by atoms with Crippen molar-refractivity contribution in [3.63, 3.8) is 0 Å². The van der Waals surface area contributed by atoms with Gasteiger partial charge in [0.05, 0.1) is 12.7 Å². The van der Waals surface area contributed by atoms with Crippen LogP contribution in [0.4, 0.5) is 0 Å². The van der Waals surface area contributed by atoms with E-state index >= 15 is 0 Å². The number of rotatable bonds is 8. The quantitative estimate of drug-likeness (QED) is 0.711. The van der Waals surface area contributed by atoms with Gasteiger partial charge in [-0.2, -0.15) is 0 Å². The van der Waals surface area contributed by atoms with Crippen LogP contribution in [0.25, 0.3) is 0 Å². The van der Waals surface area contributed by atoms with Crippen LogP contribution in [0, 0.1) is 0 Å². The molecule has 1 aliphatic rings. The van der Waals surface area contributed by atoms with Crippen LogP contribution in [0.1, 0.15) is 32.1 Å². The predicted molar refractivity (Wildman–Crippen MR) is 68.9 cm³/mol. The van der Waals surface area contributed by atoms with Gasteiger partial charge >= 0.3 is 5.97 Å². The largest absolute Gasteiger partial charge is 0.480 e. The summed E-state index contributed by atoms with van der Waals surface area (Å²) < 4.78 is 10.4. The van der Waals surface area contributed by atoms with Crippen LogP contribution in [-0.2, 0) is 19.1 Å². The normalized spacial score (nSPS) is 19.1. The fraction of sp³-hybridized carbons (Fsp3) is 0.846. The first-order valence-electron chi connectivity index (χ1n) is 6.73. The van der Waals surface area contributed by atoms with Crippen molar-refractivity contribution in [3.05, 3.63) is 0 Å². The lowest BCUT2D eigenvalue weighted by Crippen LogP contribution is -2.38. The van der Waals surface area contributed by atoms with Gasteiger partial charge in [-0.15, -0.1) is 0 Å². The van der Waals surface area contributed by atoms with E-state index in [1.54, 1.807) is 0 Å². The van der Waals surface area contributed by atoms with Gasteiger partial charge in [-0.05, 0) is 25.7 Å². The molecule has 6 nitrogen and oxygen atoms in total. The fourth-order valence-corrected chi connectivity index (χ4v) is 2.13. The van der Waals surface area contributed by atoms with E-state index in [4.69, 9.17) is 14.6 Å². The van der Waals surface area contributed by atoms with Crippen molar-refractivity contribution < 1.29 is 24.2 Å². The number of carboxylic acids is 1. The molecule has 110 valence electrons. The lowest BCUT2D eigenvalue weighted by molar-refractivity contribution is -0.145. The third kappa shape index (κ3) is 6.54. The van der Waals surface area contributed by atoms with Crippen LogP contribution < -0.4 is 0 Å². The standard InChI is InChI=1S/C13H23NO5/c1-18-9-7-14(10-13(16)17)12(15)6-5-11-4-2-3-8-19-11/h11H,2-10H2,1H3,(H,16,17). The Balaban J connectivity index is 2.34. The highest BCUT2D eigenvalue weighted by molar-refractivity contribution is 5.81. The topological polar surface area (TPSA) is 76.1 Å². The number of hydrogen-bond acceptors (Lipinski definition) is 4. The second-order valence-corrected chi connectivity index (χ2v) is 4.73. The zero-order valence-corrected chi connectivity index (χ0v) is 11.5. The van der Waals surface area contributed by atoms with Crippen LogP contribution in [0.15, 0.2) is 0 Å². The molecule has 1 atom stereocenters. The van der Waals surface area contributed by atoms with Crippen LogP contribution in [0.5, 0.6) is 0 Å². The molecule has 6 heteroatoms. The second kappa shape index (κ2) is 8.87. The molecule has 0 radical (unpaired) electrons. The maximum atomic E-state index is 12.0. The molecule has 0 aliphatic carbocycles. The van der Waals surface area contributed by atoms with E-state index in [2.05, 4.69) is 0 Å². The molecular formula is C13H23NO5. The molecule has 1 rings (SSSR count). The van der Waals surface area contributed by atoms with Gasteiger partial charge in [0.25, 0.3) is 0 Å². The van der Waals surface area contributed by atoms with Gasteiger partial charge in [-0.25, -0.2) is 0 Å². The third-order valence-corrected chi connectivity index (χ3v) is 3.20. The predicted octanol–water partition coefficient (Wildman–Crippen LogP) is 0.895.